The summed E-state index contributed by atoms with van der Waals surface area (Å²) in [4.78, 5) is 44.2. The predicted molar refractivity (Wildman–Crippen MR) is 131 cm³/mol. The summed E-state index contributed by atoms with van der Waals surface area (Å²) >= 11 is 0. The van der Waals surface area contributed by atoms with E-state index in [9.17, 15) is 22.8 Å². The lowest BCUT2D eigenvalue weighted by atomic mass is 9.77. The van der Waals surface area contributed by atoms with Gasteiger partial charge in [-0.2, -0.15) is 13.2 Å². The number of aromatic nitrogens is 2. The Morgan fingerprint density at radius 3 is 2.34 bits per heavy atom. The van der Waals surface area contributed by atoms with Crippen LogP contribution in [0, 0.1) is 11.3 Å². The van der Waals surface area contributed by atoms with Crippen molar-refractivity contribution in [3.8, 4) is 0 Å². The van der Waals surface area contributed by atoms with Crippen LogP contribution in [-0.2, 0) is 42.1 Å². The van der Waals surface area contributed by atoms with Crippen molar-refractivity contribution in [3.63, 3.8) is 0 Å². The van der Waals surface area contributed by atoms with Gasteiger partial charge in [-0.3, -0.25) is 19.1 Å². The van der Waals surface area contributed by atoms with Crippen molar-refractivity contribution in [2.45, 2.75) is 64.3 Å². The summed E-state index contributed by atoms with van der Waals surface area (Å²) in [6.45, 7) is 4.95. The van der Waals surface area contributed by atoms with E-state index in [0.717, 1.165) is 88.3 Å². The summed E-state index contributed by atoms with van der Waals surface area (Å²) in [6, 6.07) is 10.5. The molecule has 1 spiro atoms. The average molecular weight is 533 g/mol. The fourth-order valence-electron chi connectivity index (χ4n) is 5.75. The van der Waals surface area contributed by atoms with Gasteiger partial charge in [0.2, 0.25) is 5.91 Å². The maximum absolute atomic E-state index is 13.4. The molecule has 38 heavy (non-hydrogen) atoms. The maximum atomic E-state index is 13.4. The minimum atomic E-state index is -5.08. The minimum absolute atomic E-state index is 0.104. The van der Waals surface area contributed by atoms with Gasteiger partial charge in [-0.05, 0) is 36.7 Å². The molecule has 0 unspecified atom stereocenters. The number of carbonyl (C=O) groups is 2. The van der Waals surface area contributed by atoms with E-state index < -0.39 is 12.1 Å². The van der Waals surface area contributed by atoms with Crippen LogP contribution in [0.4, 0.5) is 13.2 Å². The Morgan fingerprint density at radius 1 is 1.08 bits per heavy atom. The molecule has 4 aliphatic rings. The fraction of sp³-hybridized carbons (Fsp3) is 0.556. The molecule has 0 bridgehead atoms. The molecule has 1 N–H and O–H groups in total. The van der Waals surface area contributed by atoms with Crippen LogP contribution in [0.25, 0.3) is 0 Å². The minimum Gasteiger partial charge on any atom is -0.475 e. The number of piperidine rings is 1. The zero-order chi connectivity index (χ0) is 27.1. The van der Waals surface area contributed by atoms with E-state index in [2.05, 4.69) is 34.1 Å². The Morgan fingerprint density at radius 2 is 1.74 bits per heavy atom. The smallest absolute Gasteiger partial charge is 0.475 e. The van der Waals surface area contributed by atoms with Crippen LogP contribution < -0.4 is 5.56 Å². The number of amides is 1. The van der Waals surface area contributed by atoms with Gasteiger partial charge in [-0.25, -0.2) is 9.78 Å². The number of fused-ring (bicyclic) bond motifs is 2. The zero-order valence-electron chi connectivity index (χ0n) is 21.0. The molecule has 6 rings (SSSR count). The van der Waals surface area contributed by atoms with Crippen LogP contribution >= 0.6 is 0 Å². The molecule has 11 heteroatoms. The Balaban J connectivity index is 0.000000374. The normalized spacial score (nSPS) is 20.3. The number of aliphatic carboxylic acids is 1. The van der Waals surface area contributed by atoms with E-state index in [-0.39, 0.29) is 11.0 Å². The van der Waals surface area contributed by atoms with E-state index in [1.165, 1.54) is 5.56 Å². The molecule has 2 aromatic rings. The monoisotopic (exact) mass is 532 g/mol. The summed E-state index contributed by atoms with van der Waals surface area (Å²) in [6.07, 6.45) is 0.755. The number of likely N-dealkylation sites (tertiary alicyclic amines) is 1. The van der Waals surface area contributed by atoms with Crippen molar-refractivity contribution in [3.05, 3.63) is 63.3 Å². The van der Waals surface area contributed by atoms with Crippen molar-refractivity contribution in [1.82, 2.24) is 19.4 Å². The third-order valence-electron chi connectivity index (χ3n) is 8.05. The first-order valence-corrected chi connectivity index (χ1v) is 13.0. The standard InChI is InChI=1S/C25H30N4O2.C2HF3O2/c30-23(19-6-7-19)28-12-9-25(10-13-28)14-22-26-21-8-11-27(15-18-4-2-1-3-5-18)16-20(21)24(31)29(22)17-25;3-2(4,5)1(6)7/h1-5,19H,6-17H2;(H,6,7). The molecule has 8 nitrogen and oxygen atoms in total. The second-order valence-electron chi connectivity index (χ2n) is 10.9. The van der Waals surface area contributed by atoms with Crippen LogP contribution in [0.2, 0.25) is 0 Å². The van der Waals surface area contributed by atoms with Crippen molar-refractivity contribution in [2.24, 2.45) is 11.3 Å². The predicted octanol–water partition coefficient (Wildman–Crippen LogP) is 3.01. The van der Waals surface area contributed by atoms with Crippen molar-refractivity contribution in [1.29, 1.82) is 0 Å². The van der Waals surface area contributed by atoms with Gasteiger partial charge in [0.05, 0.1) is 11.3 Å². The number of rotatable bonds is 3. The van der Waals surface area contributed by atoms with Gasteiger partial charge in [0, 0.05) is 58.0 Å². The third-order valence-corrected chi connectivity index (χ3v) is 8.05. The van der Waals surface area contributed by atoms with Gasteiger partial charge in [0.25, 0.3) is 5.56 Å². The highest BCUT2D eigenvalue weighted by Gasteiger charge is 2.44. The lowest BCUT2D eigenvalue weighted by Crippen LogP contribution is -2.44. The zero-order valence-corrected chi connectivity index (χ0v) is 21.0. The van der Waals surface area contributed by atoms with Gasteiger partial charge in [-0.15, -0.1) is 0 Å². The van der Waals surface area contributed by atoms with Crippen LogP contribution in [0.5, 0.6) is 0 Å². The van der Waals surface area contributed by atoms with Gasteiger partial charge >= 0.3 is 12.1 Å². The van der Waals surface area contributed by atoms with E-state index in [1.807, 2.05) is 10.6 Å². The van der Waals surface area contributed by atoms with E-state index in [4.69, 9.17) is 14.9 Å². The highest BCUT2D eigenvalue weighted by molar-refractivity contribution is 5.81. The number of alkyl halides is 3. The molecular weight excluding hydrogens is 501 g/mol. The van der Waals surface area contributed by atoms with E-state index in [1.54, 1.807) is 0 Å². The van der Waals surface area contributed by atoms with Crippen molar-refractivity contribution in [2.75, 3.05) is 19.6 Å². The highest BCUT2D eigenvalue weighted by Crippen LogP contribution is 2.42. The Hall–Kier alpha value is -3.21. The molecule has 3 aliphatic heterocycles. The molecule has 1 saturated heterocycles. The summed E-state index contributed by atoms with van der Waals surface area (Å²) in [5, 5.41) is 7.12. The lowest BCUT2D eigenvalue weighted by Gasteiger charge is -2.38. The highest BCUT2D eigenvalue weighted by atomic mass is 19.4. The first-order valence-electron chi connectivity index (χ1n) is 13.0. The number of carboxylic acid groups (broad SMARTS) is 1. The molecule has 1 amide bonds. The largest absolute Gasteiger partial charge is 0.490 e. The van der Waals surface area contributed by atoms with Gasteiger partial charge < -0.3 is 10.0 Å². The second-order valence-corrected chi connectivity index (χ2v) is 10.9. The average Bonchev–Trinajstić information content (AvgIpc) is 3.68. The molecule has 1 aromatic heterocycles. The first kappa shape index (κ1) is 26.4. The second kappa shape index (κ2) is 10.2. The number of hydrogen-bond acceptors (Lipinski definition) is 5. The molecule has 1 aliphatic carbocycles. The van der Waals surface area contributed by atoms with E-state index in [0.29, 0.717) is 18.4 Å². The van der Waals surface area contributed by atoms with Crippen molar-refractivity contribution < 1.29 is 27.9 Å². The van der Waals surface area contributed by atoms with Crippen LogP contribution in [0.1, 0.15) is 48.3 Å². The molecule has 0 atom stereocenters. The summed E-state index contributed by atoms with van der Waals surface area (Å²) < 4.78 is 33.7. The quantitative estimate of drug-likeness (QED) is 0.653. The number of halogens is 3. The van der Waals surface area contributed by atoms with Crippen LogP contribution in [0.15, 0.2) is 35.1 Å². The van der Waals surface area contributed by atoms with Gasteiger partial charge in [-0.1, -0.05) is 30.3 Å². The molecule has 1 saturated carbocycles. The SMILES string of the molecule is O=C(C1CC1)N1CCC2(CC1)Cc1nc3c(c(=O)n1C2)CN(Cc1ccccc1)CC3.O=C(O)C(F)(F)F. The molecule has 1 aromatic carbocycles. The number of carbonyl (C=O) groups excluding carboxylic acids is 1. The third kappa shape index (κ3) is 5.62. The topological polar surface area (TPSA) is 95.7 Å². The number of benzene rings is 1. The molecular formula is C27H31F3N4O4. The summed E-state index contributed by atoms with van der Waals surface area (Å²) in [7, 11) is 0. The van der Waals surface area contributed by atoms with E-state index >= 15 is 0 Å². The molecule has 204 valence electrons. The molecule has 4 heterocycles. The lowest BCUT2D eigenvalue weighted by molar-refractivity contribution is -0.192. The molecule has 2 fully saturated rings. The fourth-order valence-corrected chi connectivity index (χ4v) is 5.75. The van der Waals surface area contributed by atoms with Crippen molar-refractivity contribution >= 4 is 11.9 Å². The van der Waals surface area contributed by atoms with Gasteiger partial charge in [0.15, 0.2) is 0 Å². The Bertz CT molecular complexity index is 1270. The number of carboxylic acids is 1. The van der Waals surface area contributed by atoms with Crippen LogP contribution in [-0.4, -0.2) is 62.1 Å². The van der Waals surface area contributed by atoms with Gasteiger partial charge in [0.1, 0.15) is 5.82 Å². The first-order chi connectivity index (χ1) is 18.0. The number of nitrogens with zero attached hydrogens (tertiary/aromatic N) is 4. The van der Waals surface area contributed by atoms with Crippen LogP contribution in [0.3, 0.4) is 0 Å². The number of hydrogen-bond donors (Lipinski definition) is 1. The maximum Gasteiger partial charge on any atom is 0.490 e. The summed E-state index contributed by atoms with van der Waals surface area (Å²) in [5.74, 6) is -1.13. The Kier molecular flexibility index (Phi) is 7.06. The molecule has 0 radical (unpaired) electrons. The Labute approximate surface area is 218 Å². The summed E-state index contributed by atoms with van der Waals surface area (Å²) in [5.41, 5.74) is 3.47.